The van der Waals surface area contributed by atoms with Crippen molar-refractivity contribution >= 4 is 18.0 Å². The lowest BCUT2D eigenvalue weighted by Crippen LogP contribution is -2.27. The number of nitrogens with one attached hydrogen (secondary N) is 3. The number of nitrogens with zero attached hydrogens (tertiary/aromatic N) is 1. The number of pyridine rings is 1. The number of anilines is 1. The highest BCUT2D eigenvalue weighted by Crippen LogP contribution is 2.13. The summed E-state index contributed by atoms with van der Waals surface area (Å²) in [5.41, 5.74) is 1.26. The number of amides is 1. The molecule has 0 radical (unpaired) electrons. The zero-order chi connectivity index (χ0) is 14.3. The minimum Gasteiger partial charge on any atom is -0.358 e. The van der Waals surface area contributed by atoms with Crippen molar-refractivity contribution in [2.24, 2.45) is 0 Å². The molecule has 1 heterocycles. The molecule has 19 heavy (non-hydrogen) atoms. The molecule has 7 nitrogen and oxygen atoms in total. The summed E-state index contributed by atoms with van der Waals surface area (Å²) in [6, 6.07) is 0.341. The zero-order valence-corrected chi connectivity index (χ0v) is 10.3. The van der Waals surface area contributed by atoms with Crippen molar-refractivity contribution in [3.63, 3.8) is 0 Å². The van der Waals surface area contributed by atoms with Gasteiger partial charge in [0.15, 0.2) is 11.6 Å². The Hall–Kier alpha value is -2.06. The van der Waals surface area contributed by atoms with E-state index in [0.717, 1.165) is 12.3 Å². The van der Waals surface area contributed by atoms with Crippen molar-refractivity contribution in [2.45, 2.75) is 12.5 Å². The second-order valence-electron chi connectivity index (χ2n) is 3.77. The summed E-state index contributed by atoms with van der Waals surface area (Å²) in [7, 11) is 1.74. The molecule has 104 valence electrons. The molecule has 1 amide bonds. The minimum absolute atomic E-state index is 0.122. The maximum atomic E-state index is 13.6. The number of carbonyl (C=O) groups excluding carboxylic acids is 2. The topological polar surface area (TPSA) is 103 Å². The molecular weight excluding hydrogens is 255 g/mol. The van der Waals surface area contributed by atoms with Gasteiger partial charge < -0.3 is 15.4 Å². The summed E-state index contributed by atoms with van der Waals surface area (Å²) in [6.45, 7) is 0.586. The molecule has 0 saturated carbocycles. The largest absolute Gasteiger partial charge is 0.358 e. The summed E-state index contributed by atoms with van der Waals surface area (Å²) in [4.78, 5) is 25.6. The van der Waals surface area contributed by atoms with Crippen LogP contribution < -0.4 is 16.1 Å². The lowest BCUT2D eigenvalue weighted by molar-refractivity contribution is -0.108. The van der Waals surface area contributed by atoms with Crippen LogP contribution in [0.1, 0.15) is 16.8 Å². The van der Waals surface area contributed by atoms with Crippen LogP contribution in [0, 0.1) is 5.82 Å². The van der Waals surface area contributed by atoms with Gasteiger partial charge in [0.2, 0.25) is 0 Å². The van der Waals surface area contributed by atoms with E-state index in [1.807, 2.05) is 0 Å². The molecule has 1 aromatic heterocycles. The first-order valence-electron chi connectivity index (χ1n) is 5.58. The molecule has 0 aliphatic rings. The van der Waals surface area contributed by atoms with Crippen molar-refractivity contribution in [2.75, 3.05) is 18.9 Å². The highest BCUT2D eigenvalue weighted by Gasteiger charge is 2.13. The van der Waals surface area contributed by atoms with Crippen LogP contribution in [0.25, 0.3) is 0 Å². The number of aldehydes is 1. The predicted octanol–water partition coefficient (Wildman–Crippen LogP) is -0.0714. The molecule has 0 bridgehead atoms. The molecule has 0 aliphatic carbocycles. The molecule has 0 unspecified atom stereocenters. The van der Waals surface area contributed by atoms with Gasteiger partial charge in [-0.3, -0.25) is 10.0 Å². The summed E-state index contributed by atoms with van der Waals surface area (Å²) in [5, 5.41) is 13.9. The highest BCUT2D eigenvalue weighted by molar-refractivity contribution is 5.93. The summed E-state index contributed by atoms with van der Waals surface area (Å²) >= 11 is 0. The summed E-state index contributed by atoms with van der Waals surface area (Å²) in [6.07, 6.45) is 2.23. The van der Waals surface area contributed by atoms with Crippen molar-refractivity contribution in [3.8, 4) is 0 Å². The Kier molecular flexibility index (Phi) is 5.83. The second-order valence-corrected chi connectivity index (χ2v) is 3.77. The lowest BCUT2D eigenvalue weighted by Gasteiger charge is -2.13. The molecule has 0 aromatic carbocycles. The molecule has 4 N–H and O–H groups in total. The van der Waals surface area contributed by atoms with E-state index in [0.29, 0.717) is 19.3 Å². The number of aromatic nitrogens is 1. The molecule has 0 saturated heterocycles. The van der Waals surface area contributed by atoms with E-state index in [2.05, 4.69) is 15.6 Å². The number of carbonyl (C=O) groups is 2. The van der Waals surface area contributed by atoms with Crippen molar-refractivity contribution in [1.82, 2.24) is 15.8 Å². The second kappa shape index (κ2) is 7.39. The van der Waals surface area contributed by atoms with Gasteiger partial charge in [-0.2, -0.15) is 0 Å². The zero-order valence-electron chi connectivity index (χ0n) is 10.3. The predicted molar refractivity (Wildman–Crippen MR) is 65.5 cm³/mol. The number of hydroxylamine groups is 1. The standard InChI is InChI=1S/C11H15FN4O3/c1-13-3-2-8(6-17)15-10-9(12)4-7(5-14-10)11(18)16-19/h4-6,8,13,19H,2-3H2,1H3,(H,14,15)(H,16,18)/t8-/m1/s1. The van der Waals surface area contributed by atoms with E-state index >= 15 is 0 Å². The molecule has 1 rings (SSSR count). The fourth-order valence-electron chi connectivity index (χ4n) is 1.38. The van der Waals surface area contributed by atoms with E-state index < -0.39 is 17.8 Å². The van der Waals surface area contributed by atoms with Crippen molar-refractivity contribution < 1.29 is 19.2 Å². The monoisotopic (exact) mass is 270 g/mol. The lowest BCUT2D eigenvalue weighted by atomic mass is 10.2. The molecule has 8 heteroatoms. The number of hydrogen-bond acceptors (Lipinski definition) is 6. The van der Waals surface area contributed by atoms with Crippen LogP contribution in [0.4, 0.5) is 10.2 Å². The molecular formula is C11H15FN4O3. The van der Waals surface area contributed by atoms with Gasteiger partial charge in [0.1, 0.15) is 6.29 Å². The maximum Gasteiger partial charge on any atom is 0.276 e. The molecule has 1 aromatic rings. The Morgan fingerprint density at radius 1 is 1.63 bits per heavy atom. The first-order valence-corrected chi connectivity index (χ1v) is 5.58. The van der Waals surface area contributed by atoms with Gasteiger partial charge in [-0.05, 0) is 26.1 Å². The highest BCUT2D eigenvalue weighted by atomic mass is 19.1. The van der Waals surface area contributed by atoms with Crippen LogP contribution in [0.2, 0.25) is 0 Å². The third-order valence-corrected chi connectivity index (χ3v) is 2.40. The van der Waals surface area contributed by atoms with Crippen LogP contribution >= 0.6 is 0 Å². The van der Waals surface area contributed by atoms with Crippen molar-refractivity contribution in [1.29, 1.82) is 0 Å². The van der Waals surface area contributed by atoms with Crippen LogP contribution in [0.3, 0.4) is 0 Å². The molecule has 1 atom stereocenters. The van der Waals surface area contributed by atoms with Gasteiger partial charge in [-0.25, -0.2) is 14.9 Å². The molecule has 0 fully saturated rings. The average Bonchev–Trinajstić information content (AvgIpc) is 2.44. The first-order chi connectivity index (χ1) is 9.12. The van der Waals surface area contributed by atoms with Crippen molar-refractivity contribution in [3.05, 3.63) is 23.6 Å². The van der Waals surface area contributed by atoms with E-state index in [-0.39, 0.29) is 11.4 Å². The third-order valence-electron chi connectivity index (χ3n) is 2.40. The number of rotatable bonds is 7. The van der Waals surface area contributed by atoms with Crippen LogP contribution in [0.15, 0.2) is 12.3 Å². The molecule has 0 aliphatic heterocycles. The Morgan fingerprint density at radius 2 is 2.37 bits per heavy atom. The fourth-order valence-corrected chi connectivity index (χ4v) is 1.38. The van der Waals surface area contributed by atoms with Crippen LogP contribution in [0.5, 0.6) is 0 Å². The Bertz CT molecular complexity index is 456. The van der Waals surface area contributed by atoms with E-state index in [1.165, 1.54) is 5.48 Å². The number of hydrogen-bond donors (Lipinski definition) is 4. The van der Waals surface area contributed by atoms with Gasteiger partial charge in [0.25, 0.3) is 5.91 Å². The van der Waals surface area contributed by atoms with Gasteiger partial charge in [-0.15, -0.1) is 0 Å². The molecule has 0 spiro atoms. The Labute approximate surface area is 109 Å². The van der Waals surface area contributed by atoms with Gasteiger partial charge in [0, 0.05) is 6.20 Å². The third kappa shape index (κ3) is 4.27. The van der Waals surface area contributed by atoms with E-state index in [9.17, 15) is 14.0 Å². The van der Waals surface area contributed by atoms with E-state index in [4.69, 9.17) is 5.21 Å². The SMILES string of the molecule is CNCC[C@H](C=O)Nc1ncc(C(=O)NO)cc1F. The Morgan fingerprint density at radius 3 is 2.89 bits per heavy atom. The van der Waals surface area contributed by atoms with Crippen LogP contribution in [-0.2, 0) is 4.79 Å². The summed E-state index contributed by atoms with van der Waals surface area (Å²) < 4.78 is 13.6. The van der Waals surface area contributed by atoms with Gasteiger partial charge in [0.05, 0.1) is 11.6 Å². The smallest absolute Gasteiger partial charge is 0.276 e. The number of halogens is 1. The quantitative estimate of drug-likeness (QED) is 0.314. The van der Waals surface area contributed by atoms with Gasteiger partial charge in [-0.1, -0.05) is 0 Å². The minimum atomic E-state index is -0.861. The Balaban J connectivity index is 2.78. The van der Waals surface area contributed by atoms with Gasteiger partial charge >= 0.3 is 0 Å². The normalized spacial score (nSPS) is 11.7. The van der Waals surface area contributed by atoms with E-state index in [1.54, 1.807) is 7.05 Å². The summed E-state index contributed by atoms with van der Waals surface area (Å²) in [5.74, 6) is -1.76. The average molecular weight is 270 g/mol. The maximum absolute atomic E-state index is 13.6. The fraction of sp³-hybridized carbons (Fsp3) is 0.364. The van der Waals surface area contributed by atoms with Crippen LogP contribution in [-0.4, -0.2) is 42.0 Å². The first kappa shape index (κ1) is 15.0.